The summed E-state index contributed by atoms with van der Waals surface area (Å²) in [7, 11) is 0. The van der Waals surface area contributed by atoms with Crippen molar-refractivity contribution in [2.24, 2.45) is 5.41 Å². The zero-order chi connectivity index (χ0) is 11.0. The Kier molecular flexibility index (Phi) is 6.28. The summed E-state index contributed by atoms with van der Waals surface area (Å²) in [5.74, 6) is 0. The fraction of sp³-hybridized carbons (Fsp3) is 0.900. The van der Waals surface area contributed by atoms with Crippen molar-refractivity contribution in [3.05, 3.63) is 0 Å². The van der Waals surface area contributed by atoms with E-state index < -0.39 is 6.16 Å². The quantitative estimate of drug-likeness (QED) is 0.530. The van der Waals surface area contributed by atoms with Gasteiger partial charge < -0.3 is 14.6 Å². The third kappa shape index (κ3) is 6.71. The summed E-state index contributed by atoms with van der Waals surface area (Å²) >= 11 is 0. The smallest absolute Gasteiger partial charge is 0.435 e. The van der Waals surface area contributed by atoms with Crippen LogP contribution in [0.15, 0.2) is 0 Å². The highest BCUT2D eigenvalue weighted by atomic mass is 16.7. The number of hydrogen-bond donors (Lipinski definition) is 1. The molecule has 0 saturated carbocycles. The maximum atomic E-state index is 10.7. The average Bonchev–Trinajstić information content (AvgIpc) is 2.13. The van der Waals surface area contributed by atoms with Crippen molar-refractivity contribution in [3.63, 3.8) is 0 Å². The largest absolute Gasteiger partial charge is 0.508 e. The van der Waals surface area contributed by atoms with Gasteiger partial charge in [-0.05, 0) is 25.2 Å². The second-order valence-electron chi connectivity index (χ2n) is 3.96. The Morgan fingerprint density at radius 2 is 2.00 bits per heavy atom. The van der Waals surface area contributed by atoms with Gasteiger partial charge in [0.05, 0.1) is 13.2 Å². The molecule has 0 aromatic carbocycles. The first kappa shape index (κ1) is 13.2. The Bertz CT molecular complexity index is 166. The molecule has 0 spiro atoms. The number of hydrogen-bond acceptors (Lipinski definition) is 4. The van der Waals surface area contributed by atoms with Gasteiger partial charge in [0.25, 0.3) is 0 Å². The van der Waals surface area contributed by atoms with Crippen LogP contribution in [-0.2, 0) is 9.47 Å². The molecular formula is C10H20O4. The first-order valence-corrected chi connectivity index (χ1v) is 4.92. The van der Waals surface area contributed by atoms with E-state index >= 15 is 0 Å². The first-order chi connectivity index (χ1) is 6.52. The van der Waals surface area contributed by atoms with E-state index in [0.717, 1.165) is 12.8 Å². The molecular weight excluding hydrogens is 184 g/mol. The van der Waals surface area contributed by atoms with Crippen molar-refractivity contribution in [2.75, 3.05) is 19.8 Å². The molecule has 0 atom stereocenters. The molecule has 0 aliphatic heterocycles. The third-order valence-corrected chi connectivity index (χ3v) is 1.91. The SMILES string of the molecule is CCOC(=O)OCCCC(C)(C)CO. The van der Waals surface area contributed by atoms with Gasteiger partial charge in [-0.15, -0.1) is 0 Å². The molecule has 0 aromatic rings. The number of carbonyl (C=O) groups is 1. The predicted molar refractivity (Wildman–Crippen MR) is 53.1 cm³/mol. The van der Waals surface area contributed by atoms with Gasteiger partial charge in [0, 0.05) is 6.61 Å². The molecule has 0 saturated heterocycles. The topological polar surface area (TPSA) is 55.8 Å². The van der Waals surface area contributed by atoms with Crippen LogP contribution < -0.4 is 0 Å². The number of aliphatic hydroxyl groups excluding tert-OH is 1. The van der Waals surface area contributed by atoms with Gasteiger partial charge >= 0.3 is 6.16 Å². The van der Waals surface area contributed by atoms with E-state index in [0.29, 0.717) is 13.2 Å². The van der Waals surface area contributed by atoms with E-state index in [1.807, 2.05) is 13.8 Å². The fourth-order valence-electron chi connectivity index (χ4n) is 0.945. The minimum Gasteiger partial charge on any atom is -0.435 e. The van der Waals surface area contributed by atoms with Gasteiger partial charge in [-0.2, -0.15) is 0 Å². The molecule has 0 aromatic heterocycles. The monoisotopic (exact) mass is 204 g/mol. The molecule has 0 amide bonds. The summed E-state index contributed by atoms with van der Waals surface area (Å²) in [6.07, 6.45) is 0.948. The van der Waals surface area contributed by atoms with Crippen molar-refractivity contribution in [2.45, 2.75) is 33.6 Å². The van der Waals surface area contributed by atoms with Crippen LogP contribution in [0, 0.1) is 5.41 Å². The van der Waals surface area contributed by atoms with Crippen LogP contribution in [-0.4, -0.2) is 31.1 Å². The minimum absolute atomic E-state index is 0.0992. The van der Waals surface area contributed by atoms with Crippen molar-refractivity contribution in [3.8, 4) is 0 Å². The van der Waals surface area contributed by atoms with Gasteiger partial charge in [-0.3, -0.25) is 0 Å². The van der Waals surface area contributed by atoms with E-state index in [1.54, 1.807) is 6.92 Å². The highest BCUT2D eigenvalue weighted by molar-refractivity contribution is 5.59. The molecule has 84 valence electrons. The molecule has 0 aliphatic carbocycles. The summed E-state index contributed by atoms with van der Waals surface area (Å²) in [6, 6.07) is 0. The second-order valence-corrected chi connectivity index (χ2v) is 3.96. The van der Waals surface area contributed by atoms with E-state index in [9.17, 15) is 4.79 Å². The van der Waals surface area contributed by atoms with Crippen LogP contribution in [0.25, 0.3) is 0 Å². The summed E-state index contributed by atoms with van der Waals surface area (Å²) in [6.45, 7) is 6.50. The molecule has 0 fully saturated rings. The van der Waals surface area contributed by atoms with Gasteiger partial charge in [0.2, 0.25) is 0 Å². The third-order valence-electron chi connectivity index (χ3n) is 1.91. The number of ether oxygens (including phenoxy) is 2. The Balaban J connectivity index is 3.42. The Morgan fingerprint density at radius 1 is 1.36 bits per heavy atom. The number of rotatable bonds is 6. The summed E-state index contributed by atoms with van der Waals surface area (Å²) in [4.78, 5) is 10.7. The molecule has 4 nitrogen and oxygen atoms in total. The van der Waals surface area contributed by atoms with Crippen molar-refractivity contribution < 1.29 is 19.4 Å². The van der Waals surface area contributed by atoms with Gasteiger partial charge in [0.15, 0.2) is 0 Å². The van der Waals surface area contributed by atoms with Crippen LogP contribution in [0.4, 0.5) is 4.79 Å². The van der Waals surface area contributed by atoms with Crippen LogP contribution in [0.5, 0.6) is 0 Å². The van der Waals surface area contributed by atoms with Crippen LogP contribution in [0.2, 0.25) is 0 Å². The molecule has 0 bridgehead atoms. The van der Waals surface area contributed by atoms with Gasteiger partial charge in [-0.1, -0.05) is 13.8 Å². The Labute approximate surface area is 85.2 Å². The van der Waals surface area contributed by atoms with Crippen molar-refractivity contribution in [1.29, 1.82) is 0 Å². The fourth-order valence-corrected chi connectivity index (χ4v) is 0.945. The predicted octanol–water partition coefficient (Wildman–Crippen LogP) is 1.96. The first-order valence-electron chi connectivity index (χ1n) is 4.92. The Morgan fingerprint density at radius 3 is 2.50 bits per heavy atom. The minimum atomic E-state index is -0.616. The highest BCUT2D eigenvalue weighted by Gasteiger charge is 2.15. The summed E-state index contributed by atoms with van der Waals surface area (Å²) in [5, 5.41) is 8.95. The number of carbonyl (C=O) groups excluding carboxylic acids is 1. The summed E-state index contributed by atoms with van der Waals surface area (Å²) in [5.41, 5.74) is -0.0992. The van der Waals surface area contributed by atoms with Crippen LogP contribution in [0.1, 0.15) is 33.6 Å². The molecule has 1 N–H and O–H groups in total. The molecule has 0 radical (unpaired) electrons. The zero-order valence-electron chi connectivity index (χ0n) is 9.21. The lowest BCUT2D eigenvalue weighted by Gasteiger charge is -2.20. The lowest BCUT2D eigenvalue weighted by atomic mass is 9.89. The average molecular weight is 204 g/mol. The van der Waals surface area contributed by atoms with E-state index in [2.05, 4.69) is 4.74 Å². The van der Waals surface area contributed by atoms with Gasteiger partial charge in [0.1, 0.15) is 0 Å². The van der Waals surface area contributed by atoms with Crippen LogP contribution in [0.3, 0.4) is 0 Å². The second kappa shape index (κ2) is 6.65. The Hall–Kier alpha value is -0.770. The molecule has 4 heteroatoms. The number of aliphatic hydroxyl groups is 1. The standard InChI is InChI=1S/C10H20O4/c1-4-13-9(12)14-7-5-6-10(2,3)8-11/h11H,4-8H2,1-3H3. The molecule has 0 heterocycles. The molecule has 14 heavy (non-hydrogen) atoms. The van der Waals surface area contributed by atoms with E-state index in [4.69, 9.17) is 9.84 Å². The van der Waals surface area contributed by atoms with Crippen LogP contribution >= 0.6 is 0 Å². The molecule has 0 rings (SSSR count). The maximum absolute atomic E-state index is 10.7. The van der Waals surface area contributed by atoms with E-state index in [-0.39, 0.29) is 12.0 Å². The lowest BCUT2D eigenvalue weighted by Crippen LogP contribution is -2.18. The summed E-state index contributed by atoms with van der Waals surface area (Å²) < 4.78 is 9.37. The van der Waals surface area contributed by atoms with Crippen molar-refractivity contribution in [1.82, 2.24) is 0 Å². The normalized spacial score (nSPS) is 11.1. The molecule has 0 aliphatic rings. The maximum Gasteiger partial charge on any atom is 0.508 e. The van der Waals surface area contributed by atoms with E-state index in [1.165, 1.54) is 0 Å². The van der Waals surface area contributed by atoms with Gasteiger partial charge in [-0.25, -0.2) is 4.79 Å². The highest BCUT2D eigenvalue weighted by Crippen LogP contribution is 2.20. The van der Waals surface area contributed by atoms with Crippen molar-refractivity contribution >= 4 is 6.16 Å². The molecule has 0 unspecified atom stereocenters. The lowest BCUT2D eigenvalue weighted by molar-refractivity contribution is 0.0535. The zero-order valence-corrected chi connectivity index (χ0v) is 9.21.